The molecule has 0 heterocycles. The van der Waals surface area contributed by atoms with E-state index in [1.54, 1.807) is 31.0 Å². The summed E-state index contributed by atoms with van der Waals surface area (Å²) in [6, 6.07) is 5.80. The van der Waals surface area contributed by atoms with E-state index in [9.17, 15) is 14.0 Å². The number of hydrogen-bond acceptors (Lipinski definition) is 3. The van der Waals surface area contributed by atoms with E-state index in [2.05, 4.69) is 10.6 Å². The van der Waals surface area contributed by atoms with Gasteiger partial charge in [0.15, 0.2) is 0 Å². The Bertz CT molecular complexity index is 552. The van der Waals surface area contributed by atoms with Gasteiger partial charge in [0, 0.05) is 12.1 Å². The summed E-state index contributed by atoms with van der Waals surface area (Å²) in [5, 5.41) is 5.71. The van der Waals surface area contributed by atoms with Gasteiger partial charge in [-0.1, -0.05) is 12.1 Å². The second-order valence-corrected chi connectivity index (χ2v) is 7.06. The molecule has 0 unspecified atom stereocenters. The number of halogens is 1. The van der Waals surface area contributed by atoms with Crippen LogP contribution in [0.3, 0.4) is 0 Å². The van der Waals surface area contributed by atoms with E-state index >= 15 is 0 Å². The van der Waals surface area contributed by atoms with Crippen molar-refractivity contribution in [1.29, 1.82) is 0 Å². The largest absolute Gasteiger partial charge is 0.354 e. The van der Waals surface area contributed by atoms with E-state index in [1.807, 2.05) is 20.8 Å². The van der Waals surface area contributed by atoms with Crippen LogP contribution in [-0.4, -0.2) is 48.4 Å². The summed E-state index contributed by atoms with van der Waals surface area (Å²) in [6.45, 7) is 8.13. The Morgan fingerprint density at radius 3 is 2.33 bits per heavy atom. The quantitative estimate of drug-likeness (QED) is 0.796. The minimum Gasteiger partial charge on any atom is -0.354 e. The molecule has 1 rings (SSSR count). The van der Waals surface area contributed by atoms with Crippen LogP contribution in [-0.2, 0) is 16.0 Å². The zero-order valence-electron chi connectivity index (χ0n) is 15.1. The van der Waals surface area contributed by atoms with Crippen LogP contribution >= 0.6 is 0 Å². The molecule has 1 aromatic carbocycles. The topological polar surface area (TPSA) is 61.4 Å². The SMILES string of the molecule is C[C@H](C(=O)NCCc1ccc(F)cc1)N(C)CC(=O)NC(C)(C)C. The first kappa shape index (κ1) is 20.1. The minimum absolute atomic E-state index is 0.115. The second kappa shape index (κ2) is 8.78. The Hall–Kier alpha value is -1.95. The number of likely N-dealkylation sites (N-methyl/N-ethyl adjacent to an activating group) is 1. The van der Waals surface area contributed by atoms with Crippen molar-refractivity contribution in [2.24, 2.45) is 0 Å². The fourth-order valence-electron chi connectivity index (χ4n) is 2.15. The Morgan fingerprint density at radius 2 is 1.79 bits per heavy atom. The third-order valence-corrected chi connectivity index (χ3v) is 3.57. The molecule has 0 aliphatic carbocycles. The highest BCUT2D eigenvalue weighted by Gasteiger charge is 2.21. The smallest absolute Gasteiger partial charge is 0.237 e. The summed E-state index contributed by atoms with van der Waals surface area (Å²) >= 11 is 0. The number of hydrogen-bond donors (Lipinski definition) is 2. The molecule has 24 heavy (non-hydrogen) atoms. The number of carbonyl (C=O) groups excluding carboxylic acids is 2. The van der Waals surface area contributed by atoms with Crippen LogP contribution in [0.1, 0.15) is 33.3 Å². The van der Waals surface area contributed by atoms with Crippen LogP contribution in [0.25, 0.3) is 0 Å². The Kier molecular flexibility index (Phi) is 7.35. The van der Waals surface area contributed by atoms with E-state index in [0.717, 1.165) is 5.56 Å². The van der Waals surface area contributed by atoms with E-state index < -0.39 is 6.04 Å². The van der Waals surface area contributed by atoms with Crippen molar-refractivity contribution in [2.45, 2.75) is 45.7 Å². The van der Waals surface area contributed by atoms with Crippen LogP contribution in [0.4, 0.5) is 4.39 Å². The molecule has 0 aliphatic heterocycles. The molecule has 0 saturated heterocycles. The predicted octanol–water partition coefficient (Wildman–Crippen LogP) is 1.72. The lowest BCUT2D eigenvalue weighted by atomic mass is 10.1. The van der Waals surface area contributed by atoms with Crippen molar-refractivity contribution in [3.8, 4) is 0 Å². The summed E-state index contributed by atoms with van der Waals surface area (Å²) in [7, 11) is 1.74. The molecule has 0 aromatic heterocycles. The normalized spacial score (nSPS) is 12.8. The minimum atomic E-state index is -0.413. The van der Waals surface area contributed by atoms with Gasteiger partial charge in [0.05, 0.1) is 12.6 Å². The van der Waals surface area contributed by atoms with Crippen LogP contribution in [0.5, 0.6) is 0 Å². The summed E-state index contributed by atoms with van der Waals surface area (Å²) in [4.78, 5) is 25.8. The molecule has 2 amide bonds. The molecule has 0 aliphatic rings. The van der Waals surface area contributed by atoms with Gasteiger partial charge in [0.2, 0.25) is 11.8 Å². The van der Waals surface area contributed by atoms with Crippen molar-refractivity contribution < 1.29 is 14.0 Å². The fraction of sp³-hybridized carbons (Fsp3) is 0.556. The van der Waals surface area contributed by atoms with Gasteiger partial charge < -0.3 is 10.6 Å². The first-order valence-electron chi connectivity index (χ1n) is 8.12. The van der Waals surface area contributed by atoms with Gasteiger partial charge in [-0.05, 0) is 58.9 Å². The lowest BCUT2D eigenvalue weighted by Crippen LogP contribution is -2.50. The molecule has 1 aromatic rings. The van der Waals surface area contributed by atoms with E-state index in [0.29, 0.717) is 13.0 Å². The Labute approximate surface area is 143 Å². The molecular weight excluding hydrogens is 309 g/mol. The molecule has 0 bridgehead atoms. The average molecular weight is 337 g/mol. The molecule has 2 N–H and O–H groups in total. The predicted molar refractivity (Wildman–Crippen MR) is 93.1 cm³/mol. The lowest BCUT2D eigenvalue weighted by Gasteiger charge is -2.26. The third-order valence-electron chi connectivity index (χ3n) is 3.57. The maximum absolute atomic E-state index is 12.8. The Balaban J connectivity index is 2.37. The number of benzene rings is 1. The fourth-order valence-corrected chi connectivity index (χ4v) is 2.15. The summed E-state index contributed by atoms with van der Waals surface area (Å²) < 4.78 is 12.8. The van der Waals surface area contributed by atoms with Crippen molar-refractivity contribution in [2.75, 3.05) is 20.1 Å². The van der Waals surface area contributed by atoms with Crippen LogP contribution in [0.15, 0.2) is 24.3 Å². The summed E-state index contributed by atoms with van der Waals surface area (Å²) in [6.07, 6.45) is 0.632. The van der Waals surface area contributed by atoms with Crippen molar-refractivity contribution in [3.63, 3.8) is 0 Å². The number of carbonyl (C=O) groups is 2. The molecule has 0 radical (unpaired) electrons. The molecule has 0 saturated carbocycles. The second-order valence-electron chi connectivity index (χ2n) is 7.06. The molecule has 1 atom stereocenters. The van der Waals surface area contributed by atoms with Crippen LogP contribution in [0.2, 0.25) is 0 Å². The highest BCUT2D eigenvalue weighted by atomic mass is 19.1. The maximum Gasteiger partial charge on any atom is 0.237 e. The molecule has 134 valence electrons. The van der Waals surface area contributed by atoms with E-state index in [4.69, 9.17) is 0 Å². The Morgan fingerprint density at radius 1 is 1.21 bits per heavy atom. The van der Waals surface area contributed by atoms with Gasteiger partial charge in [-0.2, -0.15) is 0 Å². The number of amides is 2. The zero-order valence-corrected chi connectivity index (χ0v) is 15.1. The third kappa shape index (κ3) is 7.55. The molecule has 5 nitrogen and oxygen atoms in total. The monoisotopic (exact) mass is 337 g/mol. The zero-order chi connectivity index (χ0) is 18.3. The lowest BCUT2D eigenvalue weighted by molar-refractivity contribution is -0.128. The number of rotatable bonds is 7. The van der Waals surface area contributed by atoms with Crippen LogP contribution in [0, 0.1) is 5.82 Å². The van der Waals surface area contributed by atoms with Crippen molar-refractivity contribution in [1.82, 2.24) is 15.5 Å². The van der Waals surface area contributed by atoms with Crippen molar-refractivity contribution in [3.05, 3.63) is 35.6 Å². The van der Waals surface area contributed by atoms with Gasteiger partial charge in [0.1, 0.15) is 5.82 Å². The number of nitrogens with one attached hydrogen (secondary N) is 2. The van der Waals surface area contributed by atoms with Gasteiger partial charge in [-0.15, -0.1) is 0 Å². The summed E-state index contributed by atoms with van der Waals surface area (Å²) in [5.41, 5.74) is 0.667. The highest BCUT2D eigenvalue weighted by molar-refractivity contribution is 5.83. The highest BCUT2D eigenvalue weighted by Crippen LogP contribution is 2.03. The van der Waals surface area contributed by atoms with Gasteiger partial charge in [0.25, 0.3) is 0 Å². The molecule has 0 fully saturated rings. The standard InChI is InChI=1S/C18H28FN3O2/c1-13(22(5)12-16(23)21-18(2,3)4)17(24)20-11-10-14-6-8-15(19)9-7-14/h6-9,13H,10-12H2,1-5H3,(H,20,24)(H,21,23)/t13-/m1/s1. The van der Waals surface area contributed by atoms with Gasteiger partial charge >= 0.3 is 0 Å². The van der Waals surface area contributed by atoms with Crippen molar-refractivity contribution >= 4 is 11.8 Å². The van der Waals surface area contributed by atoms with Gasteiger partial charge in [-0.3, -0.25) is 14.5 Å². The van der Waals surface area contributed by atoms with E-state index in [1.165, 1.54) is 12.1 Å². The van der Waals surface area contributed by atoms with Crippen LogP contribution < -0.4 is 10.6 Å². The molecule has 0 spiro atoms. The van der Waals surface area contributed by atoms with E-state index in [-0.39, 0.29) is 29.7 Å². The average Bonchev–Trinajstić information content (AvgIpc) is 2.46. The molecular formula is C18H28FN3O2. The first-order chi connectivity index (χ1) is 11.1. The summed E-state index contributed by atoms with van der Waals surface area (Å²) in [5.74, 6) is -0.523. The molecule has 6 heteroatoms. The maximum atomic E-state index is 12.8. The van der Waals surface area contributed by atoms with Gasteiger partial charge in [-0.25, -0.2) is 4.39 Å². The number of nitrogens with zero attached hydrogens (tertiary/aromatic N) is 1. The first-order valence-corrected chi connectivity index (χ1v) is 8.12.